The molecule has 0 saturated heterocycles. The van der Waals surface area contributed by atoms with Crippen LogP contribution in [0.5, 0.6) is 0 Å². The first kappa shape index (κ1) is 16.7. The Morgan fingerprint density at radius 3 is 2.45 bits per heavy atom. The largest absolute Gasteiger partial charge is 0.353 e. The monoisotopic (exact) mass is 305 g/mol. The highest BCUT2D eigenvalue weighted by Crippen LogP contribution is 2.17. The van der Waals surface area contributed by atoms with Crippen molar-refractivity contribution < 1.29 is 4.79 Å². The van der Waals surface area contributed by atoms with Crippen LogP contribution in [-0.2, 0) is 11.2 Å². The van der Waals surface area contributed by atoms with E-state index in [1.165, 1.54) is 32.1 Å². The number of aromatic nitrogens is 2. The first-order valence-corrected chi connectivity index (χ1v) is 8.42. The fourth-order valence-corrected chi connectivity index (χ4v) is 3.18. The van der Waals surface area contributed by atoms with Crippen LogP contribution in [0.4, 0.5) is 0 Å². The lowest BCUT2D eigenvalue weighted by atomic mass is 9.96. The highest BCUT2D eigenvalue weighted by atomic mass is 16.1. The number of carbonyl (C=O) groups excluding carboxylic acids is 1. The van der Waals surface area contributed by atoms with Crippen molar-refractivity contribution >= 4 is 5.91 Å². The van der Waals surface area contributed by atoms with E-state index < -0.39 is 0 Å². The average Bonchev–Trinajstić information content (AvgIpc) is 2.40. The van der Waals surface area contributed by atoms with Gasteiger partial charge in [0.15, 0.2) is 0 Å². The number of hydrogen-bond acceptors (Lipinski definition) is 3. The molecule has 2 rings (SSSR count). The van der Waals surface area contributed by atoms with Crippen molar-refractivity contribution in [2.24, 2.45) is 0 Å². The Bertz CT molecular complexity index is 558. The number of nitrogens with zero attached hydrogens (tertiary/aromatic N) is 1. The summed E-state index contributed by atoms with van der Waals surface area (Å²) in [4.78, 5) is 31.0. The topological polar surface area (TPSA) is 74.8 Å². The molecule has 0 spiro atoms. The standard InChI is InChI=1S/C17H27N3O2/c1-12-15(17(22)19-13(2)18-12)10-11-16(21)20-14-8-6-4-3-5-7-9-14/h14H,3-11H2,1-2H3,(H,20,21)(H,18,19,22). The van der Waals surface area contributed by atoms with E-state index in [9.17, 15) is 9.59 Å². The molecule has 1 amide bonds. The first-order valence-electron chi connectivity index (χ1n) is 8.42. The molecule has 1 fully saturated rings. The van der Waals surface area contributed by atoms with Gasteiger partial charge in [-0.05, 0) is 33.1 Å². The second-order valence-corrected chi connectivity index (χ2v) is 6.32. The van der Waals surface area contributed by atoms with Gasteiger partial charge in [-0.25, -0.2) is 4.98 Å². The number of aryl methyl sites for hydroxylation is 2. The van der Waals surface area contributed by atoms with Crippen molar-refractivity contribution in [2.75, 3.05) is 0 Å². The van der Waals surface area contributed by atoms with Crippen molar-refractivity contribution in [3.8, 4) is 0 Å². The molecule has 22 heavy (non-hydrogen) atoms. The zero-order chi connectivity index (χ0) is 15.9. The lowest BCUT2D eigenvalue weighted by Crippen LogP contribution is -2.35. The van der Waals surface area contributed by atoms with Crippen molar-refractivity contribution in [1.82, 2.24) is 15.3 Å². The van der Waals surface area contributed by atoms with Crippen LogP contribution in [0.2, 0.25) is 0 Å². The second-order valence-electron chi connectivity index (χ2n) is 6.32. The van der Waals surface area contributed by atoms with Crippen LogP contribution < -0.4 is 10.9 Å². The van der Waals surface area contributed by atoms with E-state index in [1.807, 2.05) is 6.92 Å². The van der Waals surface area contributed by atoms with E-state index in [0.717, 1.165) is 18.5 Å². The number of amides is 1. The van der Waals surface area contributed by atoms with Crippen molar-refractivity contribution in [1.29, 1.82) is 0 Å². The van der Waals surface area contributed by atoms with Gasteiger partial charge in [-0.1, -0.05) is 32.1 Å². The Hall–Kier alpha value is -1.65. The van der Waals surface area contributed by atoms with Crippen molar-refractivity contribution in [2.45, 2.75) is 77.7 Å². The Morgan fingerprint density at radius 2 is 1.82 bits per heavy atom. The van der Waals surface area contributed by atoms with Crippen LogP contribution in [0.15, 0.2) is 4.79 Å². The van der Waals surface area contributed by atoms with Gasteiger partial charge in [-0.3, -0.25) is 9.59 Å². The maximum absolute atomic E-state index is 12.1. The zero-order valence-electron chi connectivity index (χ0n) is 13.7. The lowest BCUT2D eigenvalue weighted by molar-refractivity contribution is -0.121. The Labute approximate surface area is 131 Å². The lowest BCUT2D eigenvalue weighted by Gasteiger charge is -2.21. The molecule has 0 aromatic carbocycles. The summed E-state index contributed by atoms with van der Waals surface area (Å²) in [5, 5.41) is 3.14. The molecule has 0 atom stereocenters. The highest BCUT2D eigenvalue weighted by Gasteiger charge is 2.15. The van der Waals surface area contributed by atoms with Crippen LogP contribution in [-0.4, -0.2) is 21.9 Å². The number of nitrogens with one attached hydrogen (secondary N) is 2. The van der Waals surface area contributed by atoms with Crippen molar-refractivity contribution in [3.63, 3.8) is 0 Å². The van der Waals surface area contributed by atoms with Gasteiger partial charge < -0.3 is 10.3 Å². The number of hydrogen-bond donors (Lipinski definition) is 2. The summed E-state index contributed by atoms with van der Waals surface area (Å²) >= 11 is 0. The molecule has 5 nitrogen and oxygen atoms in total. The van der Waals surface area contributed by atoms with Gasteiger partial charge in [0.25, 0.3) is 5.56 Å². The van der Waals surface area contributed by atoms with E-state index in [-0.39, 0.29) is 11.5 Å². The minimum Gasteiger partial charge on any atom is -0.353 e. The maximum atomic E-state index is 12.1. The van der Waals surface area contributed by atoms with Gasteiger partial charge >= 0.3 is 0 Å². The molecule has 1 saturated carbocycles. The molecule has 1 heterocycles. The quantitative estimate of drug-likeness (QED) is 0.897. The number of carbonyl (C=O) groups is 1. The SMILES string of the molecule is Cc1nc(C)c(CCC(=O)NC2CCCCCCC2)c(=O)[nH]1. The molecule has 0 radical (unpaired) electrons. The molecule has 1 aromatic rings. The predicted molar refractivity (Wildman–Crippen MR) is 86.9 cm³/mol. The van der Waals surface area contributed by atoms with E-state index in [0.29, 0.717) is 30.3 Å². The minimum absolute atomic E-state index is 0.0462. The predicted octanol–water partition coefficient (Wildman–Crippen LogP) is 2.55. The second kappa shape index (κ2) is 8.11. The fraction of sp³-hybridized carbons (Fsp3) is 0.706. The molecular weight excluding hydrogens is 278 g/mol. The van der Waals surface area contributed by atoms with Crippen LogP contribution in [0.3, 0.4) is 0 Å². The highest BCUT2D eigenvalue weighted by molar-refractivity contribution is 5.76. The smallest absolute Gasteiger partial charge is 0.254 e. The number of H-pyrrole nitrogens is 1. The number of aromatic amines is 1. The van der Waals surface area contributed by atoms with Gasteiger partial charge in [0.05, 0.1) is 0 Å². The van der Waals surface area contributed by atoms with E-state index in [2.05, 4.69) is 15.3 Å². The van der Waals surface area contributed by atoms with Gasteiger partial charge in [-0.15, -0.1) is 0 Å². The van der Waals surface area contributed by atoms with E-state index in [4.69, 9.17) is 0 Å². The molecule has 1 aromatic heterocycles. The summed E-state index contributed by atoms with van der Waals surface area (Å²) in [7, 11) is 0. The summed E-state index contributed by atoms with van der Waals surface area (Å²) in [5.41, 5.74) is 1.22. The Morgan fingerprint density at radius 1 is 1.18 bits per heavy atom. The van der Waals surface area contributed by atoms with Crippen LogP contribution in [0.25, 0.3) is 0 Å². The third-order valence-electron chi connectivity index (χ3n) is 4.41. The molecule has 5 heteroatoms. The summed E-state index contributed by atoms with van der Waals surface area (Å²) in [6, 6.07) is 0.309. The Balaban J connectivity index is 1.86. The molecule has 2 N–H and O–H groups in total. The normalized spacial score (nSPS) is 16.8. The molecule has 1 aliphatic rings. The van der Waals surface area contributed by atoms with Gasteiger partial charge in [0, 0.05) is 23.7 Å². The summed E-state index contributed by atoms with van der Waals surface area (Å²) in [6.07, 6.45) is 9.24. The van der Waals surface area contributed by atoms with E-state index in [1.54, 1.807) is 6.92 Å². The third kappa shape index (κ3) is 4.97. The van der Waals surface area contributed by atoms with Crippen LogP contribution in [0.1, 0.15) is 68.4 Å². The van der Waals surface area contributed by atoms with Crippen molar-refractivity contribution in [3.05, 3.63) is 27.4 Å². The molecule has 1 aliphatic carbocycles. The first-order chi connectivity index (χ1) is 10.6. The molecule has 0 aliphatic heterocycles. The molecule has 122 valence electrons. The maximum Gasteiger partial charge on any atom is 0.254 e. The van der Waals surface area contributed by atoms with E-state index >= 15 is 0 Å². The van der Waals surface area contributed by atoms with Gasteiger partial charge in [-0.2, -0.15) is 0 Å². The van der Waals surface area contributed by atoms with Crippen LogP contribution >= 0.6 is 0 Å². The van der Waals surface area contributed by atoms with Gasteiger partial charge in [0.2, 0.25) is 5.91 Å². The third-order valence-corrected chi connectivity index (χ3v) is 4.41. The minimum atomic E-state index is -0.122. The van der Waals surface area contributed by atoms with Crippen LogP contribution in [0, 0.1) is 13.8 Å². The van der Waals surface area contributed by atoms with Gasteiger partial charge in [0.1, 0.15) is 5.82 Å². The summed E-state index contributed by atoms with van der Waals surface area (Å²) in [6.45, 7) is 3.59. The molecular formula is C17H27N3O2. The summed E-state index contributed by atoms with van der Waals surface area (Å²) < 4.78 is 0. The molecule has 0 unspecified atom stereocenters. The zero-order valence-corrected chi connectivity index (χ0v) is 13.7. The molecule has 0 bridgehead atoms. The number of rotatable bonds is 4. The Kier molecular flexibility index (Phi) is 6.16. The summed E-state index contributed by atoms with van der Waals surface area (Å²) in [5.74, 6) is 0.662. The average molecular weight is 305 g/mol. The fourth-order valence-electron chi connectivity index (χ4n) is 3.18.